The topological polar surface area (TPSA) is 98.0 Å². The molecule has 2 heterocycles. The van der Waals surface area contributed by atoms with Crippen LogP contribution in [0.1, 0.15) is 0 Å². The number of aliphatic hydroxyl groups excluding tert-OH is 1. The third-order valence-corrected chi connectivity index (χ3v) is 1.88. The van der Waals surface area contributed by atoms with Crippen LogP contribution in [0.4, 0.5) is 5.95 Å². The first-order valence-corrected chi connectivity index (χ1v) is 4.99. The Hall–Kier alpha value is -2.22. The van der Waals surface area contributed by atoms with Crippen LogP contribution in [0.3, 0.4) is 0 Å². The predicted molar refractivity (Wildman–Crippen MR) is 59.1 cm³/mol. The predicted octanol–water partition coefficient (Wildman–Crippen LogP) is -0.530. The molecule has 2 rings (SSSR count). The summed E-state index contributed by atoms with van der Waals surface area (Å²) in [6.07, 6.45) is 4.91. The van der Waals surface area contributed by atoms with Crippen molar-refractivity contribution in [2.24, 2.45) is 0 Å². The molecule has 8 heteroatoms. The van der Waals surface area contributed by atoms with Gasteiger partial charge in [0.15, 0.2) is 0 Å². The summed E-state index contributed by atoms with van der Waals surface area (Å²) in [6, 6.07) is 0.155. The van der Waals surface area contributed by atoms with Gasteiger partial charge in [-0.25, -0.2) is 4.98 Å². The van der Waals surface area contributed by atoms with E-state index in [0.29, 0.717) is 11.9 Å². The Morgan fingerprint density at radius 3 is 2.94 bits per heavy atom. The lowest BCUT2D eigenvalue weighted by atomic mass is 10.7. The highest BCUT2D eigenvalue weighted by atomic mass is 16.5. The van der Waals surface area contributed by atoms with Gasteiger partial charge < -0.3 is 15.2 Å². The Kier molecular flexibility index (Phi) is 3.46. The van der Waals surface area contributed by atoms with E-state index in [9.17, 15) is 0 Å². The molecule has 0 amide bonds. The van der Waals surface area contributed by atoms with Gasteiger partial charge in [0.2, 0.25) is 11.9 Å². The van der Waals surface area contributed by atoms with Crippen LogP contribution in [0.5, 0.6) is 6.01 Å². The molecular formula is C9H12N6O2. The van der Waals surface area contributed by atoms with Crippen molar-refractivity contribution >= 4 is 5.95 Å². The van der Waals surface area contributed by atoms with Gasteiger partial charge >= 0.3 is 6.01 Å². The first-order valence-electron chi connectivity index (χ1n) is 4.99. The third-order valence-electron chi connectivity index (χ3n) is 1.88. The number of hydrogen-bond acceptors (Lipinski definition) is 7. The fourth-order valence-corrected chi connectivity index (χ4v) is 1.15. The van der Waals surface area contributed by atoms with Crippen molar-refractivity contribution in [3.05, 3.63) is 18.7 Å². The van der Waals surface area contributed by atoms with Crippen LogP contribution >= 0.6 is 0 Å². The van der Waals surface area contributed by atoms with Crippen molar-refractivity contribution in [1.82, 2.24) is 24.5 Å². The molecule has 0 aliphatic rings. The second-order valence-corrected chi connectivity index (χ2v) is 3.03. The number of aliphatic hydroxyl groups is 1. The maximum absolute atomic E-state index is 8.68. The maximum Gasteiger partial charge on any atom is 0.323 e. The highest BCUT2D eigenvalue weighted by molar-refractivity contribution is 5.29. The molecule has 0 radical (unpaired) electrons. The fraction of sp³-hybridized carbons (Fsp3) is 0.333. The van der Waals surface area contributed by atoms with E-state index in [1.165, 1.54) is 0 Å². The number of imidazole rings is 1. The van der Waals surface area contributed by atoms with Crippen LogP contribution in [0, 0.1) is 0 Å². The molecule has 0 aromatic carbocycles. The van der Waals surface area contributed by atoms with Gasteiger partial charge in [0.1, 0.15) is 12.9 Å². The van der Waals surface area contributed by atoms with E-state index in [2.05, 4.69) is 25.3 Å². The monoisotopic (exact) mass is 236 g/mol. The third kappa shape index (κ3) is 2.67. The van der Waals surface area contributed by atoms with E-state index in [0.717, 1.165) is 0 Å². The normalized spacial score (nSPS) is 10.2. The Balaban J connectivity index is 2.32. The standard InChI is InChI=1S/C9H12N6O2/c1-10-7-12-8(15-3-2-11-6-15)14-9(13-7)17-5-4-16/h2-3,6,16H,4-5H2,1H3,(H,10,12,13,14). The van der Waals surface area contributed by atoms with Crippen LogP contribution in [0.15, 0.2) is 18.7 Å². The summed E-state index contributed by atoms with van der Waals surface area (Å²) < 4.78 is 6.78. The second kappa shape index (κ2) is 5.21. The fourth-order valence-electron chi connectivity index (χ4n) is 1.15. The summed E-state index contributed by atoms with van der Waals surface area (Å²) in [5.41, 5.74) is 0. The van der Waals surface area contributed by atoms with E-state index in [4.69, 9.17) is 9.84 Å². The van der Waals surface area contributed by atoms with Gasteiger partial charge in [0.25, 0.3) is 0 Å². The summed E-state index contributed by atoms with van der Waals surface area (Å²) in [6.45, 7) is 0.0392. The average Bonchev–Trinajstić information content (AvgIpc) is 2.89. The summed E-state index contributed by atoms with van der Waals surface area (Å²) in [4.78, 5) is 16.1. The van der Waals surface area contributed by atoms with Crippen molar-refractivity contribution in [3.8, 4) is 12.0 Å². The molecule has 0 saturated carbocycles. The van der Waals surface area contributed by atoms with E-state index in [1.807, 2.05) is 0 Å². The molecule has 2 N–H and O–H groups in total. The van der Waals surface area contributed by atoms with E-state index in [-0.39, 0.29) is 19.2 Å². The number of aromatic nitrogens is 5. The number of ether oxygens (including phenoxy) is 1. The molecule has 0 aliphatic heterocycles. The van der Waals surface area contributed by atoms with E-state index >= 15 is 0 Å². The van der Waals surface area contributed by atoms with Crippen LogP contribution in [0.25, 0.3) is 5.95 Å². The average molecular weight is 236 g/mol. The molecule has 0 unspecified atom stereocenters. The minimum atomic E-state index is -0.0963. The van der Waals surface area contributed by atoms with Crippen molar-refractivity contribution in [3.63, 3.8) is 0 Å². The number of nitrogens with one attached hydrogen (secondary N) is 1. The zero-order valence-corrected chi connectivity index (χ0v) is 9.24. The molecular weight excluding hydrogens is 224 g/mol. The maximum atomic E-state index is 8.68. The summed E-state index contributed by atoms with van der Waals surface area (Å²) in [7, 11) is 1.70. The van der Waals surface area contributed by atoms with Gasteiger partial charge in [-0.05, 0) is 0 Å². The summed E-state index contributed by atoms with van der Waals surface area (Å²) in [5.74, 6) is 0.784. The quantitative estimate of drug-likeness (QED) is 0.720. The van der Waals surface area contributed by atoms with Crippen LogP contribution < -0.4 is 10.1 Å². The van der Waals surface area contributed by atoms with Crippen molar-refractivity contribution in [1.29, 1.82) is 0 Å². The smallest absolute Gasteiger partial charge is 0.323 e. The molecule has 90 valence electrons. The van der Waals surface area contributed by atoms with Gasteiger partial charge in [0.05, 0.1) is 6.61 Å². The number of hydrogen-bond donors (Lipinski definition) is 2. The lowest BCUT2D eigenvalue weighted by molar-refractivity contribution is 0.191. The molecule has 0 aliphatic carbocycles. The number of anilines is 1. The van der Waals surface area contributed by atoms with Crippen LogP contribution in [0.2, 0.25) is 0 Å². The summed E-state index contributed by atoms with van der Waals surface area (Å²) in [5, 5.41) is 11.5. The molecule has 8 nitrogen and oxygen atoms in total. The highest BCUT2D eigenvalue weighted by Crippen LogP contribution is 2.10. The van der Waals surface area contributed by atoms with E-state index in [1.54, 1.807) is 30.3 Å². The zero-order valence-electron chi connectivity index (χ0n) is 9.24. The highest BCUT2D eigenvalue weighted by Gasteiger charge is 2.07. The van der Waals surface area contributed by atoms with Gasteiger partial charge in [0, 0.05) is 19.4 Å². The van der Waals surface area contributed by atoms with Crippen LogP contribution in [-0.2, 0) is 0 Å². The molecule has 0 spiro atoms. The van der Waals surface area contributed by atoms with Crippen molar-refractivity contribution in [2.45, 2.75) is 0 Å². The molecule has 0 fully saturated rings. The number of nitrogens with zero attached hydrogens (tertiary/aromatic N) is 5. The zero-order chi connectivity index (χ0) is 12.1. The first kappa shape index (κ1) is 11.3. The molecule has 0 bridgehead atoms. The van der Waals surface area contributed by atoms with Gasteiger partial charge in [-0.3, -0.25) is 4.57 Å². The Labute approximate surface area is 97.3 Å². The largest absolute Gasteiger partial charge is 0.461 e. The first-order chi connectivity index (χ1) is 8.33. The lowest BCUT2D eigenvalue weighted by Gasteiger charge is -2.07. The second-order valence-electron chi connectivity index (χ2n) is 3.03. The minimum absolute atomic E-state index is 0.0963. The Bertz CT molecular complexity index is 472. The summed E-state index contributed by atoms with van der Waals surface area (Å²) >= 11 is 0. The number of rotatable bonds is 5. The SMILES string of the molecule is CNc1nc(OCCO)nc(-n2ccnc2)n1. The minimum Gasteiger partial charge on any atom is -0.461 e. The van der Waals surface area contributed by atoms with Gasteiger partial charge in [-0.15, -0.1) is 0 Å². The van der Waals surface area contributed by atoms with Gasteiger partial charge in [-0.2, -0.15) is 15.0 Å². The Morgan fingerprint density at radius 2 is 2.29 bits per heavy atom. The molecule has 17 heavy (non-hydrogen) atoms. The molecule has 0 atom stereocenters. The molecule has 2 aromatic rings. The molecule has 0 saturated heterocycles. The van der Waals surface area contributed by atoms with Crippen molar-refractivity contribution < 1.29 is 9.84 Å². The van der Waals surface area contributed by atoms with Crippen molar-refractivity contribution in [2.75, 3.05) is 25.6 Å². The van der Waals surface area contributed by atoms with Gasteiger partial charge in [-0.1, -0.05) is 0 Å². The Morgan fingerprint density at radius 1 is 1.41 bits per heavy atom. The lowest BCUT2D eigenvalue weighted by Crippen LogP contribution is -2.10. The van der Waals surface area contributed by atoms with E-state index < -0.39 is 0 Å². The molecule has 2 aromatic heterocycles. The van der Waals surface area contributed by atoms with Crippen LogP contribution in [-0.4, -0.2) is 49.9 Å².